The van der Waals surface area contributed by atoms with E-state index >= 15 is 0 Å². The fourth-order valence-corrected chi connectivity index (χ4v) is 3.40. The van der Waals surface area contributed by atoms with E-state index in [2.05, 4.69) is 19.2 Å². The van der Waals surface area contributed by atoms with Gasteiger partial charge in [-0.25, -0.2) is 0 Å². The molecule has 4 heteroatoms. The number of nitrogens with one attached hydrogen (secondary N) is 1. The normalized spacial score (nSPS) is 25.2. The number of piperazine rings is 1. The summed E-state index contributed by atoms with van der Waals surface area (Å²) >= 11 is 0. The third-order valence-corrected chi connectivity index (χ3v) is 4.13. The van der Waals surface area contributed by atoms with E-state index in [9.17, 15) is 9.59 Å². The SMILES string of the molecule is CCCC(C)N1C(=O)CNC(=O)C12CCCC2. The van der Waals surface area contributed by atoms with Gasteiger partial charge >= 0.3 is 0 Å². The molecule has 96 valence electrons. The molecule has 17 heavy (non-hydrogen) atoms. The molecule has 0 aromatic heterocycles. The lowest BCUT2D eigenvalue weighted by Gasteiger charge is -2.46. The number of carbonyl (C=O) groups is 2. The quantitative estimate of drug-likeness (QED) is 0.809. The maximum absolute atomic E-state index is 12.2. The summed E-state index contributed by atoms with van der Waals surface area (Å²) in [5, 5.41) is 2.76. The summed E-state index contributed by atoms with van der Waals surface area (Å²) < 4.78 is 0. The molecule has 1 atom stereocenters. The van der Waals surface area contributed by atoms with Crippen LogP contribution in [-0.4, -0.2) is 34.8 Å². The van der Waals surface area contributed by atoms with Crippen molar-refractivity contribution in [3.63, 3.8) is 0 Å². The Kier molecular flexibility index (Phi) is 3.40. The molecule has 1 aliphatic heterocycles. The van der Waals surface area contributed by atoms with Crippen LogP contribution >= 0.6 is 0 Å². The van der Waals surface area contributed by atoms with Gasteiger partial charge in [-0.05, 0) is 26.2 Å². The smallest absolute Gasteiger partial charge is 0.246 e. The average Bonchev–Trinajstić information content (AvgIpc) is 2.75. The van der Waals surface area contributed by atoms with Gasteiger partial charge in [0.25, 0.3) is 0 Å². The topological polar surface area (TPSA) is 49.4 Å². The first-order valence-corrected chi connectivity index (χ1v) is 6.72. The number of rotatable bonds is 3. The number of carbonyl (C=O) groups excluding carboxylic acids is 2. The van der Waals surface area contributed by atoms with Crippen molar-refractivity contribution in [3.05, 3.63) is 0 Å². The second-order valence-corrected chi connectivity index (χ2v) is 5.32. The van der Waals surface area contributed by atoms with Gasteiger partial charge in [0, 0.05) is 6.04 Å². The summed E-state index contributed by atoms with van der Waals surface area (Å²) in [6.45, 7) is 4.36. The van der Waals surface area contributed by atoms with E-state index in [-0.39, 0.29) is 24.4 Å². The van der Waals surface area contributed by atoms with Crippen molar-refractivity contribution in [2.45, 2.75) is 64.0 Å². The third kappa shape index (κ3) is 1.94. The van der Waals surface area contributed by atoms with Gasteiger partial charge in [0.2, 0.25) is 11.8 Å². The summed E-state index contributed by atoms with van der Waals surface area (Å²) in [7, 11) is 0. The zero-order chi connectivity index (χ0) is 12.5. The Morgan fingerprint density at radius 1 is 1.35 bits per heavy atom. The highest BCUT2D eigenvalue weighted by Crippen LogP contribution is 2.39. The van der Waals surface area contributed by atoms with Gasteiger partial charge in [-0.2, -0.15) is 0 Å². The lowest BCUT2D eigenvalue weighted by Crippen LogP contribution is -2.68. The summed E-state index contributed by atoms with van der Waals surface area (Å²) in [6.07, 6.45) is 5.78. The second kappa shape index (κ2) is 4.67. The Morgan fingerprint density at radius 3 is 2.59 bits per heavy atom. The van der Waals surface area contributed by atoms with Crippen LogP contribution in [0.25, 0.3) is 0 Å². The maximum atomic E-state index is 12.2. The Labute approximate surface area is 103 Å². The van der Waals surface area contributed by atoms with Gasteiger partial charge in [-0.15, -0.1) is 0 Å². The minimum absolute atomic E-state index is 0.0672. The minimum Gasteiger partial charge on any atom is -0.345 e. The van der Waals surface area contributed by atoms with E-state index in [1.807, 2.05) is 4.90 Å². The molecule has 0 aromatic carbocycles. The molecular weight excluding hydrogens is 216 g/mol. The van der Waals surface area contributed by atoms with Crippen molar-refractivity contribution in [2.75, 3.05) is 6.54 Å². The average molecular weight is 238 g/mol. The molecule has 1 heterocycles. The second-order valence-electron chi connectivity index (χ2n) is 5.32. The molecule has 1 aliphatic carbocycles. The molecule has 0 aromatic rings. The lowest BCUT2D eigenvalue weighted by molar-refractivity contribution is -0.156. The van der Waals surface area contributed by atoms with Gasteiger partial charge in [0.05, 0.1) is 6.54 Å². The molecule has 1 spiro atoms. The molecule has 1 saturated carbocycles. The van der Waals surface area contributed by atoms with Gasteiger partial charge in [0.1, 0.15) is 5.54 Å². The van der Waals surface area contributed by atoms with Crippen LogP contribution in [0.4, 0.5) is 0 Å². The van der Waals surface area contributed by atoms with Crippen LogP contribution in [0.1, 0.15) is 52.4 Å². The molecule has 1 unspecified atom stereocenters. The highest BCUT2D eigenvalue weighted by Gasteiger charge is 2.52. The highest BCUT2D eigenvalue weighted by molar-refractivity contribution is 5.98. The van der Waals surface area contributed by atoms with E-state index < -0.39 is 5.54 Å². The zero-order valence-electron chi connectivity index (χ0n) is 10.8. The Balaban J connectivity index is 2.28. The standard InChI is InChI=1S/C13H22N2O2/c1-3-6-10(2)15-11(16)9-14-12(17)13(15)7-4-5-8-13/h10H,3-9H2,1-2H3,(H,14,17). The van der Waals surface area contributed by atoms with Gasteiger partial charge in [-0.1, -0.05) is 26.2 Å². The number of hydrogen-bond donors (Lipinski definition) is 1. The fraction of sp³-hybridized carbons (Fsp3) is 0.846. The van der Waals surface area contributed by atoms with Crippen molar-refractivity contribution in [1.82, 2.24) is 10.2 Å². The van der Waals surface area contributed by atoms with Crippen molar-refractivity contribution in [1.29, 1.82) is 0 Å². The molecule has 4 nitrogen and oxygen atoms in total. The van der Waals surface area contributed by atoms with Crippen molar-refractivity contribution >= 4 is 11.8 Å². The van der Waals surface area contributed by atoms with Gasteiger partial charge < -0.3 is 10.2 Å². The predicted molar refractivity (Wildman–Crippen MR) is 65.4 cm³/mol. The molecule has 2 rings (SSSR count). The zero-order valence-corrected chi connectivity index (χ0v) is 10.8. The molecule has 2 aliphatic rings. The molecule has 1 saturated heterocycles. The van der Waals surface area contributed by atoms with Crippen LogP contribution in [0.2, 0.25) is 0 Å². The summed E-state index contributed by atoms with van der Waals surface area (Å²) in [4.78, 5) is 26.2. The first-order valence-electron chi connectivity index (χ1n) is 6.72. The Bertz CT molecular complexity index is 321. The van der Waals surface area contributed by atoms with E-state index in [1.165, 1.54) is 0 Å². The monoisotopic (exact) mass is 238 g/mol. The first-order chi connectivity index (χ1) is 8.12. The molecule has 1 N–H and O–H groups in total. The lowest BCUT2D eigenvalue weighted by atomic mass is 9.89. The largest absolute Gasteiger partial charge is 0.345 e. The van der Waals surface area contributed by atoms with Gasteiger partial charge in [-0.3, -0.25) is 9.59 Å². The van der Waals surface area contributed by atoms with Crippen LogP contribution in [-0.2, 0) is 9.59 Å². The van der Waals surface area contributed by atoms with Crippen LogP contribution in [0.15, 0.2) is 0 Å². The van der Waals surface area contributed by atoms with E-state index in [4.69, 9.17) is 0 Å². The molecule has 0 bridgehead atoms. The molecule has 2 amide bonds. The number of nitrogens with zero attached hydrogens (tertiary/aromatic N) is 1. The molecule has 0 radical (unpaired) electrons. The van der Waals surface area contributed by atoms with Crippen LogP contribution < -0.4 is 5.32 Å². The molecular formula is C13H22N2O2. The number of amides is 2. The Morgan fingerprint density at radius 2 is 2.00 bits per heavy atom. The first kappa shape index (κ1) is 12.4. The maximum Gasteiger partial charge on any atom is 0.246 e. The summed E-state index contributed by atoms with van der Waals surface area (Å²) in [5.74, 6) is 0.157. The van der Waals surface area contributed by atoms with Crippen molar-refractivity contribution < 1.29 is 9.59 Å². The molecule has 2 fully saturated rings. The van der Waals surface area contributed by atoms with E-state index in [0.717, 1.165) is 38.5 Å². The van der Waals surface area contributed by atoms with Crippen molar-refractivity contribution in [3.8, 4) is 0 Å². The summed E-state index contributed by atoms with van der Waals surface area (Å²) in [5.41, 5.74) is -0.524. The summed E-state index contributed by atoms with van der Waals surface area (Å²) in [6, 6.07) is 0.177. The predicted octanol–water partition coefficient (Wildman–Crippen LogP) is 1.45. The van der Waals surface area contributed by atoms with Crippen LogP contribution in [0, 0.1) is 0 Å². The Hall–Kier alpha value is -1.06. The van der Waals surface area contributed by atoms with Gasteiger partial charge in [0.15, 0.2) is 0 Å². The van der Waals surface area contributed by atoms with Crippen molar-refractivity contribution in [2.24, 2.45) is 0 Å². The van der Waals surface area contributed by atoms with E-state index in [1.54, 1.807) is 0 Å². The fourth-order valence-electron chi connectivity index (χ4n) is 3.40. The third-order valence-electron chi connectivity index (χ3n) is 4.13. The highest BCUT2D eigenvalue weighted by atomic mass is 16.2. The van der Waals surface area contributed by atoms with E-state index in [0.29, 0.717) is 0 Å². The van der Waals surface area contributed by atoms with Crippen LogP contribution in [0.5, 0.6) is 0 Å². The van der Waals surface area contributed by atoms with Crippen LogP contribution in [0.3, 0.4) is 0 Å². The number of hydrogen-bond acceptors (Lipinski definition) is 2. The minimum atomic E-state index is -0.524.